The van der Waals surface area contributed by atoms with Crippen molar-refractivity contribution in [1.82, 2.24) is 10.2 Å². The van der Waals surface area contributed by atoms with Crippen LogP contribution in [-0.2, 0) is 4.79 Å². The second-order valence-electron chi connectivity index (χ2n) is 8.68. The molecule has 172 valence electrons. The number of carboxylic acids is 1. The largest absolute Gasteiger partial charge is 0.478 e. The van der Waals surface area contributed by atoms with Gasteiger partial charge in [-0.1, -0.05) is 42.8 Å². The summed E-state index contributed by atoms with van der Waals surface area (Å²) in [6, 6.07) is 20.4. The van der Waals surface area contributed by atoms with Gasteiger partial charge in [-0.15, -0.1) is 0 Å². The van der Waals surface area contributed by atoms with Crippen molar-refractivity contribution in [1.29, 1.82) is 5.26 Å². The number of carboxylic acid groups (broad SMARTS) is 1. The highest BCUT2D eigenvalue weighted by atomic mass is 19.1. The minimum atomic E-state index is -1.00. The van der Waals surface area contributed by atoms with Crippen molar-refractivity contribution >= 4 is 34.1 Å². The Kier molecular flexibility index (Phi) is 5.99. The predicted molar refractivity (Wildman–Crippen MR) is 134 cm³/mol. The number of benzene rings is 3. The number of nitrogens with zero attached hydrogens (tertiary/aromatic N) is 2. The molecule has 0 saturated heterocycles. The van der Waals surface area contributed by atoms with Crippen molar-refractivity contribution < 1.29 is 14.3 Å². The first kappa shape index (κ1) is 22.3. The van der Waals surface area contributed by atoms with Crippen LogP contribution < -0.4 is 0 Å². The Morgan fingerprint density at radius 2 is 1.86 bits per heavy atom. The van der Waals surface area contributed by atoms with Crippen LogP contribution in [0.1, 0.15) is 47.1 Å². The number of aliphatic carboxylic acids is 1. The van der Waals surface area contributed by atoms with Crippen molar-refractivity contribution in [3.8, 4) is 6.07 Å². The first-order valence-corrected chi connectivity index (χ1v) is 11.4. The van der Waals surface area contributed by atoms with Gasteiger partial charge in [0.25, 0.3) is 0 Å². The maximum atomic E-state index is 14.0. The number of nitriles is 1. The molecule has 0 bridgehead atoms. The van der Waals surface area contributed by atoms with Crippen molar-refractivity contribution in [2.75, 3.05) is 0 Å². The monoisotopic (exact) mass is 463 g/mol. The molecule has 2 N–H and O–H groups in total. The van der Waals surface area contributed by atoms with E-state index in [9.17, 15) is 14.4 Å². The Bertz CT molecular complexity index is 1520. The van der Waals surface area contributed by atoms with Gasteiger partial charge in [0.15, 0.2) is 0 Å². The highest BCUT2D eigenvalue weighted by Crippen LogP contribution is 2.46. The first-order valence-electron chi connectivity index (χ1n) is 11.4. The third-order valence-electron chi connectivity index (χ3n) is 6.52. The molecule has 1 fully saturated rings. The van der Waals surface area contributed by atoms with Crippen LogP contribution >= 0.6 is 0 Å². The van der Waals surface area contributed by atoms with Crippen molar-refractivity contribution in [3.05, 3.63) is 107 Å². The highest BCUT2D eigenvalue weighted by molar-refractivity contribution is 6.02. The van der Waals surface area contributed by atoms with E-state index in [1.54, 1.807) is 18.3 Å². The van der Waals surface area contributed by atoms with Crippen molar-refractivity contribution in [2.24, 2.45) is 5.92 Å². The molecule has 1 aromatic heterocycles. The minimum Gasteiger partial charge on any atom is -0.478 e. The van der Waals surface area contributed by atoms with E-state index in [2.05, 4.69) is 22.3 Å². The summed E-state index contributed by atoms with van der Waals surface area (Å²) >= 11 is 0. The maximum absolute atomic E-state index is 14.0. The molecule has 5 rings (SSSR count). The van der Waals surface area contributed by atoms with Gasteiger partial charge in [-0.2, -0.15) is 10.4 Å². The fourth-order valence-electron chi connectivity index (χ4n) is 4.60. The number of carbonyl (C=O) groups is 1. The molecule has 0 amide bonds. The molecule has 0 spiro atoms. The van der Waals surface area contributed by atoms with E-state index in [-0.39, 0.29) is 5.92 Å². The number of allylic oxidation sites excluding steroid dienone is 1. The standard InChI is InChI=1S/C29H22FN3O2/c30-24-10-11-25(22(15-24)16-31)29(19-2-1-3-19)28(21-9-12-26-23(14-21)17-32-33-26)20-7-4-18(5-8-20)6-13-27(34)35/h4-15,17,19H,1-3H2,(H,32,33)(H,34,35). The zero-order valence-electron chi connectivity index (χ0n) is 18.8. The molecule has 0 unspecified atom stereocenters. The number of hydrogen-bond acceptors (Lipinski definition) is 3. The molecular weight excluding hydrogens is 441 g/mol. The average molecular weight is 464 g/mol. The summed E-state index contributed by atoms with van der Waals surface area (Å²) in [4.78, 5) is 10.9. The van der Waals surface area contributed by atoms with Gasteiger partial charge in [0, 0.05) is 11.5 Å². The van der Waals surface area contributed by atoms with Gasteiger partial charge in [-0.3, -0.25) is 5.10 Å². The number of hydrogen-bond donors (Lipinski definition) is 2. The summed E-state index contributed by atoms with van der Waals surface area (Å²) in [7, 11) is 0. The van der Waals surface area contributed by atoms with Crippen LogP contribution in [0.3, 0.4) is 0 Å². The molecule has 4 aromatic rings. The van der Waals surface area contributed by atoms with Gasteiger partial charge in [0.1, 0.15) is 5.82 Å². The molecule has 1 aliphatic rings. The molecule has 3 aromatic carbocycles. The van der Waals surface area contributed by atoms with Gasteiger partial charge in [-0.05, 0) is 82.5 Å². The second-order valence-corrected chi connectivity index (χ2v) is 8.68. The Labute approximate surface area is 201 Å². The molecule has 6 heteroatoms. The highest BCUT2D eigenvalue weighted by Gasteiger charge is 2.29. The number of halogens is 1. The summed E-state index contributed by atoms with van der Waals surface area (Å²) in [6.45, 7) is 0. The Balaban J connectivity index is 1.77. The third-order valence-corrected chi connectivity index (χ3v) is 6.52. The van der Waals surface area contributed by atoms with E-state index in [4.69, 9.17) is 5.11 Å². The van der Waals surface area contributed by atoms with E-state index in [1.165, 1.54) is 12.1 Å². The lowest BCUT2D eigenvalue weighted by Crippen LogP contribution is -2.16. The fraction of sp³-hybridized carbons (Fsp3) is 0.138. The van der Waals surface area contributed by atoms with Crippen molar-refractivity contribution in [3.63, 3.8) is 0 Å². The van der Waals surface area contributed by atoms with E-state index in [0.29, 0.717) is 5.56 Å². The molecule has 35 heavy (non-hydrogen) atoms. The normalized spacial score (nSPS) is 14.5. The number of nitrogens with one attached hydrogen (secondary N) is 1. The second kappa shape index (κ2) is 9.40. The maximum Gasteiger partial charge on any atom is 0.328 e. The van der Waals surface area contributed by atoms with Crippen molar-refractivity contribution in [2.45, 2.75) is 19.3 Å². The number of aromatic nitrogens is 2. The van der Waals surface area contributed by atoms with E-state index < -0.39 is 11.8 Å². The van der Waals surface area contributed by atoms with Crippen LogP contribution in [0.4, 0.5) is 4.39 Å². The molecule has 0 atom stereocenters. The lowest BCUT2D eigenvalue weighted by atomic mass is 9.72. The fourth-order valence-corrected chi connectivity index (χ4v) is 4.60. The van der Waals surface area contributed by atoms with Crippen LogP contribution in [0, 0.1) is 23.1 Å². The summed E-state index contributed by atoms with van der Waals surface area (Å²) in [6.07, 6.45) is 7.52. The van der Waals surface area contributed by atoms with Gasteiger partial charge < -0.3 is 5.11 Å². The zero-order chi connectivity index (χ0) is 24.4. The summed E-state index contributed by atoms with van der Waals surface area (Å²) in [5.41, 5.74) is 6.68. The zero-order valence-corrected chi connectivity index (χ0v) is 18.8. The SMILES string of the molecule is N#Cc1cc(F)ccc1C(=C(c1ccc(C=CC(=O)O)cc1)c1ccc2[nH]ncc2c1)C1CCC1. The van der Waals surface area contributed by atoms with Crippen LogP contribution in [-0.4, -0.2) is 21.3 Å². The van der Waals surface area contributed by atoms with Gasteiger partial charge >= 0.3 is 5.97 Å². The van der Waals surface area contributed by atoms with Crippen LogP contribution in [0.25, 0.3) is 28.1 Å². The molecule has 0 aliphatic heterocycles. The quantitative estimate of drug-likeness (QED) is 0.255. The average Bonchev–Trinajstić information content (AvgIpc) is 3.30. The summed E-state index contributed by atoms with van der Waals surface area (Å²) in [5, 5.41) is 26.9. The van der Waals surface area contributed by atoms with Gasteiger partial charge in [0.05, 0.1) is 23.3 Å². The topological polar surface area (TPSA) is 89.8 Å². The van der Waals surface area contributed by atoms with Crippen LogP contribution in [0.2, 0.25) is 0 Å². The molecule has 1 saturated carbocycles. The summed E-state index contributed by atoms with van der Waals surface area (Å²) in [5.74, 6) is -1.20. The molecule has 1 heterocycles. The number of H-pyrrole nitrogens is 1. The first-order chi connectivity index (χ1) is 17.0. The Morgan fingerprint density at radius 1 is 1.09 bits per heavy atom. The molecular formula is C29H22FN3O2. The Morgan fingerprint density at radius 3 is 2.54 bits per heavy atom. The lowest BCUT2D eigenvalue weighted by Gasteiger charge is -2.32. The van der Waals surface area contributed by atoms with Gasteiger partial charge in [-0.25, -0.2) is 9.18 Å². The van der Waals surface area contributed by atoms with Crippen LogP contribution in [0.5, 0.6) is 0 Å². The summed E-state index contributed by atoms with van der Waals surface area (Å²) < 4.78 is 14.0. The lowest BCUT2D eigenvalue weighted by molar-refractivity contribution is -0.131. The molecule has 1 aliphatic carbocycles. The smallest absolute Gasteiger partial charge is 0.328 e. The predicted octanol–water partition coefficient (Wildman–Crippen LogP) is 6.43. The minimum absolute atomic E-state index is 0.245. The number of rotatable bonds is 6. The number of fused-ring (bicyclic) bond motifs is 1. The molecule has 0 radical (unpaired) electrons. The van der Waals surface area contributed by atoms with E-state index in [0.717, 1.165) is 69.6 Å². The van der Waals surface area contributed by atoms with E-state index >= 15 is 0 Å². The Hall–Kier alpha value is -4.50. The molecule has 5 nitrogen and oxygen atoms in total. The van der Waals surface area contributed by atoms with Crippen LogP contribution in [0.15, 0.2) is 72.9 Å². The van der Waals surface area contributed by atoms with Gasteiger partial charge in [0.2, 0.25) is 0 Å². The van der Waals surface area contributed by atoms with E-state index in [1.807, 2.05) is 36.4 Å². The number of aromatic amines is 1. The third kappa shape index (κ3) is 4.49.